The van der Waals surface area contributed by atoms with Crippen LogP contribution in [0.3, 0.4) is 0 Å². The largest absolute Gasteiger partial charge is 0.508 e. The van der Waals surface area contributed by atoms with Gasteiger partial charge in [-0.05, 0) is 91.0 Å². The zero-order chi connectivity index (χ0) is 22.7. The van der Waals surface area contributed by atoms with Gasteiger partial charge in [-0.1, -0.05) is 13.0 Å². The van der Waals surface area contributed by atoms with Crippen molar-refractivity contribution in [1.29, 1.82) is 0 Å². The number of fused-ring (bicyclic) bond motifs is 5. The number of aromatic hydroxyl groups is 1. The van der Waals surface area contributed by atoms with Gasteiger partial charge in [0.25, 0.3) is 5.91 Å². The minimum atomic E-state index is -0.532. The van der Waals surface area contributed by atoms with E-state index >= 15 is 0 Å². The maximum absolute atomic E-state index is 13.2. The van der Waals surface area contributed by atoms with E-state index in [2.05, 4.69) is 12.2 Å². The molecule has 3 aliphatic carbocycles. The molecular formula is C26H29FN2O3. The Morgan fingerprint density at radius 3 is 2.72 bits per heavy atom. The summed E-state index contributed by atoms with van der Waals surface area (Å²) >= 11 is 0. The smallest absolute Gasteiger partial charge is 0.251 e. The Morgan fingerprint density at radius 1 is 1.22 bits per heavy atom. The first-order chi connectivity index (χ1) is 15.2. The number of nitrogens with one attached hydrogen (secondary N) is 1. The average molecular weight is 437 g/mol. The first-order valence-electron chi connectivity index (χ1n) is 11.4. The van der Waals surface area contributed by atoms with E-state index in [1.807, 2.05) is 12.1 Å². The molecule has 5 atom stereocenters. The summed E-state index contributed by atoms with van der Waals surface area (Å²) in [5, 5.41) is 12.9. The highest BCUT2D eigenvalue weighted by Crippen LogP contribution is 2.62. The van der Waals surface area contributed by atoms with Crippen molar-refractivity contribution in [2.45, 2.75) is 44.6 Å². The van der Waals surface area contributed by atoms with Gasteiger partial charge in [-0.25, -0.2) is 4.39 Å². The lowest BCUT2D eigenvalue weighted by Crippen LogP contribution is -2.58. The van der Waals surface area contributed by atoms with Crippen molar-refractivity contribution in [3.8, 4) is 5.75 Å². The fourth-order valence-corrected chi connectivity index (χ4v) is 6.81. The van der Waals surface area contributed by atoms with Crippen molar-refractivity contribution in [3.63, 3.8) is 0 Å². The van der Waals surface area contributed by atoms with E-state index in [0.717, 1.165) is 36.8 Å². The molecule has 0 spiro atoms. The van der Waals surface area contributed by atoms with Crippen LogP contribution >= 0.6 is 0 Å². The number of halogens is 1. The molecule has 0 saturated heterocycles. The normalized spacial score (nSPS) is 33.2. The third kappa shape index (κ3) is 3.15. The first kappa shape index (κ1) is 21.1. The van der Waals surface area contributed by atoms with Crippen LogP contribution in [0.4, 0.5) is 4.39 Å². The van der Waals surface area contributed by atoms with Crippen LogP contribution in [0.5, 0.6) is 5.75 Å². The second-order valence-corrected chi connectivity index (χ2v) is 10.1. The molecule has 32 heavy (non-hydrogen) atoms. The van der Waals surface area contributed by atoms with E-state index in [4.69, 9.17) is 5.73 Å². The average Bonchev–Trinajstić information content (AvgIpc) is 3.02. The molecule has 5 rings (SSSR count). The zero-order valence-electron chi connectivity index (χ0n) is 18.2. The van der Waals surface area contributed by atoms with E-state index < -0.39 is 11.0 Å². The van der Waals surface area contributed by atoms with E-state index in [1.165, 1.54) is 24.3 Å². The van der Waals surface area contributed by atoms with Crippen LogP contribution in [0.15, 0.2) is 42.5 Å². The third-order valence-corrected chi connectivity index (χ3v) is 8.43. The monoisotopic (exact) mass is 436 g/mol. The number of benzene rings is 2. The lowest BCUT2D eigenvalue weighted by molar-refractivity contribution is -0.131. The fraction of sp³-hybridized carbons (Fsp3) is 0.462. The molecular weight excluding hydrogens is 407 g/mol. The Labute approximate surface area is 187 Å². The molecule has 0 heterocycles. The van der Waals surface area contributed by atoms with Gasteiger partial charge in [-0.3, -0.25) is 9.59 Å². The summed E-state index contributed by atoms with van der Waals surface area (Å²) in [6.45, 7) is 2.48. The number of phenolic OH excluding ortho intramolecular Hbond substituents is 1. The molecule has 6 heteroatoms. The van der Waals surface area contributed by atoms with E-state index in [0.29, 0.717) is 18.5 Å². The third-order valence-electron chi connectivity index (χ3n) is 8.43. The van der Waals surface area contributed by atoms with Crippen molar-refractivity contribution >= 4 is 11.7 Å². The second kappa shape index (κ2) is 7.41. The summed E-state index contributed by atoms with van der Waals surface area (Å²) in [5.41, 5.74) is 8.72. The van der Waals surface area contributed by atoms with E-state index in [-0.39, 0.29) is 41.0 Å². The number of amides is 1. The Kier molecular flexibility index (Phi) is 4.89. The predicted octanol–water partition coefficient (Wildman–Crippen LogP) is 3.68. The second-order valence-electron chi connectivity index (χ2n) is 10.1. The topological polar surface area (TPSA) is 92.4 Å². The number of rotatable bonds is 3. The molecule has 1 amide bonds. The maximum atomic E-state index is 13.2. The van der Waals surface area contributed by atoms with Crippen LogP contribution in [0.1, 0.15) is 54.1 Å². The van der Waals surface area contributed by atoms with E-state index in [9.17, 15) is 19.1 Å². The number of hydrogen-bond acceptors (Lipinski definition) is 4. The molecule has 0 aliphatic heterocycles. The lowest BCUT2D eigenvalue weighted by atomic mass is 9.51. The van der Waals surface area contributed by atoms with Gasteiger partial charge in [-0.2, -0.15) is 0 Å². The Hall–Kier alpha value is -2.73. The van der Waals surface area contributed by atoms with Crippen LogP contribution < -0.4 is 11.1 Å². The van der Waals surface area contributed by atoms with Gasteiger partial charge >= 0.3 is 0 Å². The van der Waals surface area contributed by atoms with Gasteiger partial charge in [0, 0.05) is 29.5 Å². The number of carbonyl (C=O) groups excluding carboxylic acids is 2. The van der Waals surface area contributed by atoms with Crippen molar-refractivity contribution in [2.24, 2.45) is 28.9 Å². The van der Waals surface area contributed by atoms with Gasteiger partial charge in [0.2, 0.25) is 0 Å². The number of nitrogens with two attached hydrogens (primary N) is 1. The molecule has 5 nitrogen and oxygen atoms in total. The highest BCUT2D eigenvalue weighted by atomic mass is 19.1. The molecule has 2 fully saturated rings. The molecule has 0 aromatic heterocycles. The summed E-state index contributed by atoms with van der Waals surface area (Å²) < 4.78 is 13.2. The number of hydrogen-bond donors (Lipinski definition) is 3. The molecule has 2 unspecified atom stereocenters. The van der Waals surface area contributed by atoms with Crippen LogP contribution in [-0.4, -0.2) is 23.3 Å². The fourth-order valence-electron chi connectivity index (χ4n) is 6.81. The van der Waals surface area contributed by atoms with Gasteiger partial charge in [0.05, 0.1) is 0 Å². The summed E-state index contributed by atoms with van der Waals surface area (Å²) in [5.74, 6) is 0.118. The molecule has 2 saturated carbocycles. The summed E-state index contributed by atoms with van der Waals surface area (Å²) in [6, 6.07) is 10.9. The van der Waals surface area contributed by atoms with Crippen LogP contribution in [-0.2, 0) is 16.8 Å². The Bertz CT molecular complexity index is 1080. The summed E-state index contributed by atoms with van der Waals surface area (Å²) in [4.78, 5) is 25.7. The molecule has 2 aromatic carbocycles. The van der Waals surface area contributed by atoms with Crippen molar-refractivity contribution < 1.29 is 19.1 Å². The SMILES string of the molecule is C[C@]12CCC3(N)c4ccc(O)cc4CCC3[C@@H]1[C@@H](CNC(=O)c1ccc(F)cc1)CC2=O. The van der Waals surface area contributed by atoms with Crippen molar-refractivity contribution in [2.75, 3.05) is 6.54 Å². The van der Waals surface area contributed by atoms with Gasteiger partial charge in [-0.15, -0.1) is 0 Å². The molecule has 0 radical (unpaired) electrons. The Balaban J connectivity index is 1.41. The molecule has 4 N–H and O–H groups in total. The predicted molar refractivity (Wildman–Crippen MR) is 118 cm³/mol. The first-order valence-corrected chi connectivity index (χ1v) is 11.4. The summed E-state index contributed by atoms with van der Waals surface area (Å²) in [7, 11) is 0. The minimum absolute atomic E-state index is 0.0174. The van der Waals surface area contributed by atoms with E-state index in [1.54, 1.807) is 6.07 Å². The highest BCUT2D eigenvalue weighted by Gasteiger charge is 2.62. The quantitative estimate of drug-likeness (QED) is 0.684. The number of aryl methyl sites for hydroxylation is 1. The van der Waals surface area contributed by atoms with Crippen molar-refractivity contribution in [3.05, 3.63) is 65.0 Å². The molecule has 0 bridgehead atoms. The van der Waals surface area contributed by atoms with Crippen LogP contribution in [0.25, 0.3) is 0 Å². The van der Waals surface area contributed by atoms with Crippen molar-refractivity contribution in [1.82, 2.24) is 5.32 Å². The zero-order valence-corrected chi connectivity index (χ0v) is 18.2. The number of ketones is 1. The van der Waals surface area contributed by atoms with Gasteiger partial charge in [0.15, 0.2) is 0 Å². The lowest BCUT2D eigenvalue weighted by Gasteiger charge is -2.55. The number of Topliss-reactive ketones (excluding diaryl/α,β-unsaturated/α-hetero) is 1. The standard InChI is InChI=1S/C26H29FN2O3/c1-25-10-11-26(28)20-9-7-19(30)12-16(20)4-8-21(26)23(25)17(13-22(25)31)14-29-24(32)15-2-5-18(27)6-3-15/h2-3,5-7,9,12,17,21,23,30H,4,8,10-11,13-14,28H2,1H3,(H,29,32)/t17-,21?,23+,25-,26?/m1/s1. The van der Waals surface area contributed by atoms with Crippen LogP contribution in [0, 0.1) is 29.0 Å². The molecule has 3 aliphatic rings. The van der Waals surface area contributed by atoms with Gasteiger partial charge < -0.3 is 16.2 Å². The number of phenols is 1. The summed E-state index contributed by atoms with van der Waals surface area (Å²) in [6.07, 6.45) is 3.60. The minimum Gasteiger partial charge on any atom is -0.508 e. The maximum Gasteiger partial charge on any atom is 0.251 e. The Morgan fingerprint density at radius 2 is 1.97 bits per heavy atom. The van der Waals surface area contributed by atoms with Crippen LogP contribution in [0.2, 0.25) is 0 Å². The highest BCUT2D eigenvalue weighted by molar-refractivity contribution is 5.94. The molecule has 168 valence electrons. The van der Waals surface area contributed by atoms with Gasteiger partial charge in [0.1, 0.15) is 17.3 Å². The number of carbonyl (C=O) groups is 2. The molecule has 2 aromatic rings.